The van der Waals surface area contributed by atoms with E-state index in [1.807, 2.05) is 60.9 Å². The fraction of sp³-hybridized carbons (Fsp3) is 0.182. The lowest BCUT2D eigenvalue weighted by Crippen LogP contribution is -2.25. The molecule has 4 rings (SSSR count). The summed E-state index contributed by atoms with van der Waals surface area (Å²) < 4.78 is 7.01. The second-order valence-electron chi connectivity index (χ2n) is 6.84. The van der Waals surface area contributed by atoms with Crippen LogP contribution in [-0.4, -0.2) is 29.7 Å². The highest BCUT2D eigenvalue weighted by atomic mass is 35.5. The van der Waals surface area contributed by atoms with Gasteiger partial charge in [0.2, 0.25) is 0 Å². The Balaban J connectivity index is 1.66. The van der Waals surface area contributed by atoms with E-state index < -0.39 is 6.09 Å². The zero-order valence-corrected chi connectivity index (χ0v) is 16.9. The first-order chi connectivity index (χ1) is 14.0. The van der Waals surface area contributed by atoms with Crippen LogP contribution in [0.5, 0.6) is 0 Å². The van der Waals surface area contributed by atoms with Gasteiger partial charge in [0, 0.05) is 22.1 Å². The number of aromatic nitrogens is 1. The number of hydrogen-bond donors (Lipinski definition) is 1. The standard InChI is InChI=1S/C22H20ClN3O3/c1-14-12-18(15(2)26(14)17-7-5-6-16(23)13-17)21(27)24-19-8-3-4-9-20(19)25-10-11-29-22(25)28/h3-9,12-13H,10-11H2,1-2H3,(H,24,27). The zero-order chi connectivity index (χ0) is 20.5. The molecule has 2 aromatic carbocycles. The zero-order valence-electron chi connectivity index (χ0n) is 16.1. The average molecular weight is 410 g/mol. The summed E-state index contributed by atoms with van der Waals surface area (Å²) in [6.45, 7) is 4.63. The molecule has 6 nitrogen and oxygen atoms in total. The van der Waals surface area contributed by atoms with Crippen LogP contribution in [0, 0.1) is 13.8 Å². The van der Waals surface area contributed by atoms with Gasteiger partial charge in [-0.2, -0.15) is 0 Å². The summed E-state index contributed by atoms with van der Waals surface area (Å²) in [6, 6.07) is 16.5. The molecule has 148 valence electrons. The van der Waals surface area contributed by atoms with Gasteiger partial charge in [0.25, 0.3) is 5.91 Å². The number of hydrogen-bond acceptors (Lipinski definition) is 3. The molecule has 1 saturated heterocycles. The molecule has 0 aliphatic carbocycles. The van der Waals surface area contributed by atoms with Crippen LogP contribution in [-0.2, 0) is 4.74 Å². The number of nitrogens with zero attached hydrogens (tertiary/aromatic N) is 2. The Morgan fingerprint density at radius 3 is 2.62 bits per heavy atom. The van der Waals surface area contributed by atoms with Crippen molar-refractivity contribution in [3.05, 3.63) is 76.6 Å². The molecule has 1 fully saturated rings. The molecule has 0 saturated carbocycles. The van der Waals surface area contributed by atoms with Gasteiger partial charge >= 0.3 is 6.09 Å². The number of rotatable bonds is 4. The number of nitrogens with one attached hydrogen (secondary N) is 1. The van der Waals surface area contributed by atoms with Crippen molar-refractivity contribution in [1.82, 2.24) is 4.57 Å². The smallest absolute Gasteiger partial charge is 0.414 e. The van der Waals surface area contributed by atoms with E-state index in [0.717, 1.165) is 17.1 Å². The Morgan fingerprint density at radius 2 is 1.90 bits per heavy atom. The van der Waals surface area contributed by atoms with Crippen molar-refractivity contribution in [3.63, 3.8) is 0 Å². The molecule has 1 aromatic heterocycles. The highest BCUT2D eigenvalue weighted by Crippen LogP contribution is 2.29. The van der Waals surface area contributed by atoms with Gasteiger partial charge in [-0.05, 0) is 50.2 Å². The van der Waals surface area contributed by atoms with Crippen LogP contribution in [0.15, 0.2) is 54.6 Å². The van der Waals surface area contributed by atoms with Crippen LogP contribution < -0.4 is 10.2 Å². The third kappa shape index (κ3) is 3.59. The third-order valence-corrected chi connectivity index (χ3v) is 5.18. The van der Waals surface area contributed by atoms with Gasteiger partial charge in [-0.25, -0.2) is 4.79 Å². The monoisotopic (exact) mass is 409 g/mol. The first kappa shape index (κ1) is 19.1. The summed E-state index contributed by atoms with van der Waals surface area (Å²) in [6.07, 6.45) is -0.411. The molecule has 0 radical (unpaired) electrons. The first-order valence-electron chi connectivity index (χ1n) is 9.25. The Kier molecular flexibility index (Phi) is 5.03. The Morgan fingerprint density at radius 1 is 1.10 bits per heavy atom. The normalized spacial score (nSPS) is 13.5. The lowest BCUT2D eigenvalue weighted by atomic mass is 10.2. The Labute approximate surface area is 173 Å². The van der Waals surface area contributed by atoms with Crippen molar-refractivity contribution in [1.29, 1.82) is 0 Å². The Hall–Kier alpha value is -3.25. The van der Waals surface area contributed by atoms with Crippen LogP contribution in [0.25, 0.3) is 5.69 Å². The van der Waals surface area contributed by atoms with E-state index in [1.54, 1.807) is 12.1 Å². The van der Waals surface area contributed by atoms with Crippen molar-refractivity contribution in [2.24, 2.45) is 0 Å². The van der Waals surface area contributed by atoms with E-state index in [0.29, 0.717) is 35.1 Å². The van der Waals surface area contributed by atoms with Crippen molar-refractivity contribution < 1.29 is 14.3 Å². The van der Waals surface area contributed by atoms with Gasteiger partial charge in [0.15, 0.2) is 0 Å². The van der Waals surface area contributed by atoms with Crippen LogP contribution >= 0.6 is 11.6 Å². The molecule has 1 N–H and O–H groups in total. The Bertz CT molecular complexity index is 1110. The van der Waals surface area contributed by atoms with E-state index in [1.165, 1.54) is 4.90 Å². The predicted octanol–water partition coefficient (Wildman–Crippen LogP) is 4.96. The highest BCUT2D eigenvalue weighted by molar-refractivity contribution is 6.30. The highest BCUT2D eigenvalue weighted by Gasteiger charge is 2.26. The maximum Gasteiger partial charge on any atom is 0.414 e. The second kappa shape index (κ2) is 7.64. The van der Waals surface area contributed by atoms with Crippen LogP contribution in [0.1, 0.15) is 21.7 Å². The van der Waals surface area contributed by atoms with Crippen LogP contribution in [0.3, 0.4) is 0 Å². The van der Waals surface area contributed by atoms with Gasteiger partial charge in [-0.1, -0.05) is 29.8 Å². The number of aryl methyl sites for hydroxylation is 1. The average Bonchev–Trinajstić information content (AvgIpc) is 3.25. The summed E-state index contributed by atoms with van der Waals surface area (Å²) in [4.78, 5) is 26.5. The first-order valence-corrected chi connectivity index (χ1v) is 9.63. The largest absolute Gasteiger partial charge is 0.447 e. The lowest BCUT2D eigenvalue weighted by molar-refractivity contribution is 0.102. The molecule has 2 heterocycles. The lowest BCUT2D eigenvalue weighted by Gasteiger charge is -2.17. The number of anilines is 2. The predicted molar refractivity (Wildman–Crippen MR) is 113 cm³/mol. The molecule has 0 spiro atoms. The number of benzene rings is 2. The molecule has 29 heavy (non-hydrogen) atoms. The topological polar surface area (TPSA) is 63.6 Å². The molecular weight excluding hydrogens is 390 g/mol. The maximum absolute atomic E-state index is 13.1. The minimum Gasteiger partial charge on any atom is -0.447 e. The van der Waals surface area contributed by atoms with Crippen LogP contribution in [0.2, 0.25) is 5.02 Å². The number of halogens is 1. The van der Waals surface area contributed by atoms with Gasteiger partial charge in [0.1, 0.15) is 6.61 Å². The molecule has 1 aliphatic heterocycles. The molecule has 0 atom stereocenters. The number of carbonyl (C=O) groups excluding carboxylic acids is 2. The van der Waals surface area contributed by atoms with Crippen LogP contribution in [0.4, 0.5) is 16.2 Å². The molecule has 0 bridgehead atoms. The van der Waals surface area contributed by atoms with E-state index in [4.69, 9.17) is 16.3 Å². The minimum absolute atomic E-state index is 0.244. The number of cyclic esters (lactones) is 1. The minimum atomic E-state index is -0.411. The summed E-state index contributed by atoms with van der Waals surface area (Å²) in [5, 5.41) is 3.57. The second-order valence-corrected chi connectivity index (χ2v) is 7.27. The molecular formula is C22H20ClN3O3. The van der Waals surface area contributed by atoms with Crippen molar-refractivity contribution in [2.45, 2.75) is 13.8 Å². The summed E-state index contributed by atoms with van der Waals surface area (Å²) in [7, 11) is 0. The van der Waals surface area contributed by atoms with Gasteiger partial charge in [0.05, 0.1) is 23.5 Å². The van der Waals surface area contributed by atoms with Crippen molar-refractivity contribution in [2.75, 3.05) is 23.4 Å². The van der Waals surface area contributed by atoms with Gasteiger partial charge in [-0.3, -0.25) is 9.69 Å². The molecule has 1 aliphatic rings. The third-order valence-electron chi connectivity index (χ3n) is 4.95. The molecule has 7 heteroatoms. The van der Waals surface area contributed by atoms with Crippen molar-refractivity contribution >= 4 is 35.0 Å². The summed E-state index contributed by atoms with van der Waals surface area (Å²) >= 11 is 6.13. The SMILES string of the molecule is Cc1cc(C(=O)Nc2ccccc2N2CCOC2=O)c(C)n1-c1cccc(Cl)c1. The van der Waals surface area contributed by atoms with E-state index in [2.05, 4.69) is 5.32 Å². The van der Waals surface area contributed by atoms with E-state index in [9.17, 15) is 9.59 Å². The van der Waals surface area contributed by atoms with Crippen molar-refractivity contribution in [3.8, 4) is 5.69 Å². The summed E-state index contributed by atoms with van der Waals surface area (Å²) in [5.74, 6) is -0.244. The fourth-order valence-electron chi connectivity index (χ4n) is 3.62. The van der Waals surface area contributed by atoms with Gasteiger partial charge < -0.3 is 14.6 Å². The number of ether oxygens (including phenoxy) is 1. The summed E-state index contributed by atoms with van der Waals surface area (Å²) in [5.41, 5.74) is 4.36. The number of para-hydroxylation sites is 2. The maximum atomic E-state index is 13.1. The number of carbonyl (C=O) groups is 2. The number of amides is 2. The van der Waals surface area contributed by atoms with Gasteiger partial charge in [-0.15, -0.1) is 0 Å². The van der Waals surface area contributed by atoms with E-state index in [-0.39, 0.29) is 5.91 Å². The molecule has 0 unspecified atom stereocenters. The molecule has 2 amide bonds. The molecule has 3 aromatic rings. The quantitative estimate of drug-likeness (QED) is 0.662. The van der Waals surface area contributed by atoms with E-state index >= 15 is 0 Å². The fourth-order valence-corrected chi connectivity index (χ4v) is 3.81.